The quantitative estimate of drug-likeness (QED) is 0.746. The van der Waals surface area contributed by atoms with Crippen molar-refractivity contribution in [2.24, 2.45) is 0 Å². The Kier molecular flexibility index (Phi) is 6.30. The number of ether oxygens (including phenoxy) is 3. The number of esters is 1. The van der Waals surface area contributed by atoms with Gasteiger partial charge in [-0.05, 0) is 31.9 Å². The van der Waals surface area contributed by atoms with E-state index in [0.29, 0.717) is 22.2 Å². The van der Waals surface area contributed by atoms with Crippen LogP contribution in [0.15, 0.2) is 18.2 Å². The fourth-order valence-electron chi connectivity index (χ4n) is 2.03. The van der Waals surface area contributed by atoms with Gasteiger partial charge in [0.05, 0.1) is 12.7 Å². The van der Waals surface area contributed by atoms with E-state index in [9.17, 15) is 4.79 Å². The smallest absolute Gasteiger partial charge is 0.335 e. The summed E-state index contributed by atoms with van der Waals surface area (Å²) in [6.45, 7) is 2.86. The third kappa shape index (κ3) is 4.85. The maximum absolute atomic E-state index is 11.9. The lowest BCUT2D eigenvalue weighted by Gasteiger charge is -2.16. The average Bonchev–Trinajstić information content (AvgIpc) is 2.97. The molecule has 1 fully saturated rings. The van der Waals surface area contributed by atoms with E-state index in [0.717, 1.165) is 19.4 Å². The molecule has 2 atom stereocenters. The molecule has 0 N–H and O–H groups in total. The molecule has 6 heteroatoms. The van der Waals surface area contributed by atoms with Crippen LogP contribution in [0.3, 0.4) is 0 Å². The predicted octanol–water partition coefficient (Wildman–Crippen LogP) is 3.62. The van der Waals surface area contributed by atoms with Crippen molar-refractivity contribution in [3.63, 3.8) is 0 Å². The van der Waals surface area contributed by atoms with Gasteiger partial charge >= 0.3 is 5.97 Å². The standard InChI is InChI=1S/C15H18Cl2O4/c1-10(20-8-11-4-3-7-19-11)15(18)21-9-12-13(16)5-2-6-14(12)17/h2,5-6,10-11H,3-4,7-9H2,1H3. The van der Waals surface area contributed by atoms with Crippen molar-refractivity contribution in [1.82, 2.24) is 0 Å². The van der Waals surface area contributed by atoms with E-state index in [1.54, 1.807) is 25.1 Å². The molecule has 1 aliphatic rings. The minimum Gasteiger partial charge on any atom is -0.459 e. The average molecular weight is 333 g/mol. The van der Waals surface area contributed by atoms with Crippen LogP contribution >= 0.6 is 23.2 Å². The molecule has 0 aliphatic carbocycles. The molecular formula is C15H18Cl2O4. The minimum absolute atomic E-state index is 0.0327. The number of rotatable bonds is 6. The molecule has 0 aromatic heterocycles. The van der Waals surface area contributed by atoms with Gasteiger partial charge in [0.1, 0.15) is 6.61 Å². The third-order valence-electron chi connectivity index (χ3n) is 3.31. The largest absolute Gasteiger partial charge is 0.459 e. The van der Waals surface area contributed by atoms with E-state index in [1.807, 2.05) is 0 Å². The highest BCUT2D eigenvalue weighted by atomic mass is 35.5. The molecule has 0 spiro atoms. The van der Waals surface area contributed by atoms with E-state index in [1.165, 1.54) is 0 Å². The van der Waals surface area contributed by atoms with Crippen LogP contribution < -0.4 is 0 Å². The molecule has 2 unspecified atom stereocenters. The van der Waals surface area contributed by atoms with Crippen LogP contribution in [-0.4, -0.2) is 31.4 Å². The van der Waals surface area contributed by atoms with E-state index in [-0.39, 0.29) is 12.7 Å². The summed E-state index contributed by atoms with van der Waals surface area (Å²) in [6.07, 6.45) is 1.45. The van der Waals surface area contributed by atoms with Gasteiger partial charge < -0.3 is 14.2 Å². The van der Waals surface area contributed by atoms with Crippen LogP contribution in [0.1, 0.15) is 25.3 Å². The van der Waals surface area contributed by atoms with Gasteiger partial charge in [-0.15, -0.1) is 0 Å². The molecule has 1 aromatic carbocycles. The van der Waals surface area contributed by atoms with E-state index < -0.39 is 12.1 Å². The van der Waals surface area contributed by atoms with Crippen LogP contribution in [0.25, 0.3) is 0 Å². The SMILES string of the molecule is CC(OCC1CCCO1)C(=O)OCc1c(Cl)cccc1Cl. The van der Waals surface area contributed by atoms with Gasteiger partial charge in [0.15, 0.2) is 6.10 Å². The molecule has 116 valence electrons. The molecule has 1 saturated heterocycles. The van der Waals surface area contributed by atoms with Crippen LogP contribution in [0.4, 0.5) is 0 Å². The summed E-state index contributed by atoms with van der Waals surface area (Å²) in [6, 6.07) is 5.14. The second-order valence-electron chi connectivity index (χ2n) is 4.92. The second kappa shape index (κ2) is 7.99. The molecule has 0 radical (unpaired) electrons. The number of hydrogen-bond acceptors (Lipinski definition) is 4. The Balaban J connectivity index is 1.78. The summed E-state index contributed by atoms with van der Waals surface area (Å²) in [5.74, 6) is -0.441. The number of halogens is 2. The maximum atomic E-state index is 11.9. The fraction of sp³-hybridized carbons (Fsp3) is 0.533. The second-order valence-corrected chi connectivity index (χ2v) is 5.73. The highest BCUT2D eigenvalue weighted by Crippen LogP contribution is 2.25. The number of carbonyl (C=O) groups is 1. The monoisotopic (exact) mass is 332 g/mol. The molecule has 0 bridgehead atoms. The number of benzene rings is 1. The van der Waals surface area contributed by atoms with E-state index in [4.69, 9.17) is 37.4 Å². The van der Waals surface area contributed by atoms with Gasteiger partial charge in [0.25, 0.3) is 0 Å². The fourth-order valence-corrected chi connectivity index (χ4v) is 2.53. The lowest BCUT2D eigenvalue weighted by atomic mass is 10.2. The van der Waals surface area contributed by atoms with E-state index >= 15 is 0 Å². The van der Waals surface area contributed by atoms with Crippen LogP contribution in [0, 0.1) is 0 Å². The lowest BCUT2D eigenvalue weighted by Crippen LogP contribution is -2.27. The summed E-state index contributed by atoms with van der Waals surface area (Å²) < 4.78 is 16.1. The molecule has 1 heterocycles. The van der Waals surface area contributed by atoms with Crippen LogP contribution in [0.5, 0.6) is 0 Å². The molecule has 1 aliphatic heterocycles. The van der Waals surface area contributed by atoms with Crippen molar-refractivity contribution in [3.05, 3.63) is 33.8 Å². The topological polar surface area (TPSA) is 44.8 Å². The van der Waals surface area contributed by atoms with Crippen molar-refractivity contribution in [3.8, 4) is 0 Å². The van der Waals surface area contributed by atoms with Crippen molar-refractivity contribution in [2.75, 3.05) is 13.2 Å². The molecule has 4 nitrogen and oxygen atoms in total. The predicted molar refractivity (Wildman–Crippen MR) is 80.6 cm³/mol. The summed E-state index contributed by atoms with van der Waals surface area (Å²) in [5.41, 5.74) is 0.598. The van der Waals surface area contributed by atoms with Crippen LogP contribution in [0.2, 0.25) is 10.0 Å². The molecule has 0 amide bonds. The zero-order valence-corrected chi connectivity index (χ0v) is 13.3. The molecule has 21 heavy (non-hydrogen) atoms. The van der Waals surface area contributed by atoms with Crippen molar-refractivity contribution >= 4 is 29.2 Å². The lowest BCUT2D eigenvalue weighted by molar-refractivity contribution is -0.159. The summed E-state index contributed by atoms with van der Waals surface area (Å²) >= 11 is 12.0. The van der Waals surface area contributed by atoms with Gasteiger partial charge in [-0.25, -0.2) is 4.79 Å². The van der Waals surface area contributed by atoms with E-state index in [2.05, 4.69) is 0 Å². The molecule has 0 saturated carbocycles. The first-order chi connectivity index (χ1) is 10.1. The first-order valence-electron chi connectivity index (χ1n) is 6.90. The Morgan fingerprint density at radius 1 is 1.43 bits per heavy atom. The van der Waals surface area contributed by atoms with Gasteiger partial charge in [-0.1, -0.05) is 29.3 Å². The zero-order chi connectivity index (χ0) is 15.2. The first kappa shape index (κ1) is 16.6. The molecular weight excluding hydrogens is 315 g/mol. The Morgan fingerprint density at radius 2 is 2.14 bits per heavy atom. The molecule has 2 rings (SSSR count). The molecule has 1 aromatic rings. The Morgan fingerprint density at radius 3 is 2.76 bits per heavy atom. The van der Waals surface area contributed by atoms with Crippen molar-refractivity contribution in [2.45, 2.75) is 38.6 Å². The maximum Gasteiger partial charge on any atom is 0.335 e. The van der Waals surface area contributed by atoms with Crippen molar-refractivity contribution < 1.29 is 19.0 Å². The Hall–Kier alpha value is -0.810. The highest BCUT2D eigenvalue weighted by Gasteiger charge is 2.21. The first-order valence-corrected chi connectivity index (χ1v) is 7.66. The summed E-state index contributed by atoms with van der Waals surface area (Å²) in [7, 11) is 0. The summed E-state index contributed by atoms with van der Waals surface area (Å²) in [4.78, 5) is 11.9. The van der Waals surface area contributed by atoms with Crippen molar-refractivity contribution in [1.29, 1.82) is 0 Å². The minimum atomic E-state index is -0.643. The normalized spacial score (nSPS) is 19.5. The summed E-state index contributed by atoms with van der Waals surface area (Å²) in [5, 5.41) is 0.950. The third-order valence-corrected chi connectivity index (χ3v) is 4.02. The van der Waals surface area contributed by atoms with Gasteiger partial charge in [-0.2, -0.15) is 0 Å². The number of carbonyl (C=O) groups excluding carboxylic acids is 1. The highest BCUT2D eigenvalue weighted by molar-refractivity contribution is 6.35. The zero-order valence-electron chi connectivity index (χ0n) is 11.8. The van der Waals surface area contributed by atoms with Crippen LogP contribution in [-0.2, 0) is 25.6 Å². The van der Waals surface area contributed by atoms with Gasteiger partial charge in [-0.3, -0.25) is 0 Å². The number of hydrogen-bond donors (Lipinski definition) is 0. The van der Waals surface area contributed by atoms with Gasteiger partial charge in [0, 0.05) is 22.2 Å². The van der Waals surface area contributed by atoms with Gasteiger partial charge in [0.2, 0.25) is 0 Å². The Bertz CT molecular complexity index is 466. The Labute approximate surface area is 134 Å².